The molecule has 1 rings (SSSR count). The van der Waals surface area contributed by atoms with Gasteiger partial charge in [0.05, 0.1) is 12.1 Å². The van der Waals surface area contributed by atoms with Gasteiger partial charge in [-0.1, -0.05) is 82.2 Å². The van der Waals surface area contributed by atoms with Crippen molar-refractivity contribution in [2.45, 2.75) is 77.6 Å². The first-order chi connectivity index (χ1) is 12.6. The minimum atomic E-state index is -0.876. The minimum absolute atomic E-state index is 0.0123. The molecule has 0 spiro atoms. The van der Waals surface area contributed by atoms with Crippen molar-refractivity contribution in [1.82, 2.24) is 5.43 Å². The molecule has 0 aromatic heterocycles. The predicted molar refractivity (Wildman–Crippen MR) is 105 cm³/mol. The summed E-state index contributed by atoms with van der Waals surface area (Å²) < 4.78 is 0. The molecule has 5 heteroatoms. The number of benzene rings is 1. The highest BCUT2D eigenvalue weighted by Crippen LogP contribution is 2.10. The zero-order valence-electron chi connectivity index (χ0n) is 15.9. The van der Waals surface area contributed by atoms with Gasteiger partial charge in [0.15, 0.2) is 0 Å². The van der Waals surface area contributed by atoms with Crippen LogP contribution in [-0.2, 0) is 9.59 Å². The Bertz CT molecular complexity index is 556. The van der Waals surface area contributed by atoms with Crippen molar-refractivity contribution >= 4 is 17.6 Å². The lowest BCUT2D eigenvalue weighted by atomic mass is 10.1. The van der Waals surface area contributed by atoms with Crippen LogP contribution in [0.3, 0.4) is 0 Å². The number of unbranched alkanes of at least 4 members (excludes halogenated alkanes) is 7. The number of amides is 1. The van der Waals surface area contributed by atoms with Gasteiger partial charge in [-0.25, -0.2) is 5.43 Å². The highest BCUT2D eigenvalue weighted by atomic mass is 16.4. The van der Waals surface area contributed by atoms with Gasteiger partial charge in [0.2, 0.25) is 5.91 Å². The highest BCUT2D eigenvalue weighted by molar-refractivity contribution is 6.02. The second-order valence-electron chi connectivity index (χ2n) is 6.58. The van der Waals surface area contributed by atoms with Gasteiger partial charge in [0.1, 0.15) is 0 Å². The number of hydrogen-bond donors (Lipinski definition) is 2. The van der Waals surface area contributed by atoms with Gasteiger partial charge in [0, 0.05) is 12.8 Å². The van der Waals surface area contributed by atoms with Crippen LogP contribution in [0.25, 0.3) is 0 Å². The Morgan fingerprint density at radius 3 is 2.12 bits per heavy atom. The third kappa shape index (κ3) is 10.6. The Labute approximate surface area is 156 Å². The molecule has 1 aromatic carbocycles. The summed E-state index contributed by atoms with van der Waals surface area (Å²) in [5.74, 6) is -0.987. The van der Waals surface area contributed by atoms with Crippen LogP contribution in [0.1, 0.15) is 83.1 Å². The summed E-state index contributed by atoms with van der Waals surface area (Å²) in [6, 6.07) is 9.36. The maximum absolute atomic E-state index is 12.0. The molecule has 0 fully saturated rings. The van der Waals surface area contributed by atoms with E-state index in [1.54, 1.807) is 0 Å². The molecule has 0 unspecified atom stereocenters. The summed E-state index contributed by atoms with van der Waals surface area (Å²) in [4.78, 5) is 22.8. The molecule has 5 nitrogen and oxygen atoms in total. The molecule has 144 valence electrons. The lowest BCUT2D eigenvalue weighted by molar-refractivity contribution is -0.136. The molecule has 0 aliphatic carbocycles. The van der Waals surface area contributed by atoms with E-state index in [2.05, 4.69) is 17.5 Å². The van der Waals surface area contributed by atoms with Gasteiger partial charge < -0.3 is 5.11 Å². The Hall–Kier alpha value is -2.17. The summed E-state index contributed by atoms with van der Waals surface area (Å²) >= 11 is 0. The zero-order valence-corrected chi connectivity index (χ0v) is 15.9. The number of nitrogens with zero attached hydrogens (tertiary/aromatic N) is 1. The van der Waals surface area contributed by atoms with E-state index < -0.39 is 5.97 Å². The Balaban J connectivity index is 2.33. The molecule has 0 saturated heterocycles. The average molecular weight is 360 g/mol. The van der Waals surface area contributed by atoms with E-state index in [4.69, 9.17) is 5.11 Å². The van der Waals surface area contributed by atoms with Crippen LogP contribution in [-0.4, -0.2) is 22.7 Å². The highest BCUT2D eigenvalue weighted by Gasteiger charge is 2.08. The van der Waals surface area contributed by atoms with Gasteiger partial charge in [0.25, 0.3) is 0 Å². The van der Waals surface area contributed by atoms with Gasteiger partial charge in [-0.05, 0) is 12.0 Å². The quantitative estimate of drug-likeness (QED) is 0.281. The SMILES string of the molecule is CCCCCCCCCCC(=O)NN=C(CCC(=O)O)c1ccccc1. The summed E-state index contributed by atoms with van der Waals surface area (Å²) in [5.41, 5.74) is 4.01. The number of nitrogens with one attached hydrogen (secondary N) is 1. The number of carbonyl (C=O) groups is 2. The fourth-order valence-corrected chi connectivity index (χ4v) is 2.73. The van der Waals surface area contributed by atoms with Crippen molar-refractivity contribution in [3.63, 3.8) is 0 Å². The van der Waals surface area contributed by atoms with E-state index in [0.29, 0.717) is 12.1 Å². The van der Waals surface area contributed by atoms with E-state index in [1.165, 1.54) is 38.5 Å². The molecule has 0 radical (unpaired) electrons. The van der Waals surface area contributed by atoms with E-state index in [1.807, 2.05) is 30.3 Å². The topological polar surface area (TPSA) is 78.8 Å². The van der Waals surface area contributed by atoms with Crippen molar-refractivity contribution in [3.8, 4) is 0 Å². The van der Waals surface area contributed by atoms with E-state index in [9.17, 15) is 9.59 Å². The Morgan fingerprint density at radius 2 is 1.50 bits per heavy atom. The van der Waals surface area contributed by atoms with Crippen LogP contribution in [0.15, 0.2) is 35.4 Å². The van der Waals surface area contributed by atoms with Crippen molar-refractivity contribution in [2.75, 3.05) is 0 Å². The molecular weight excluding hydrogens is 328 g/mol. The molecule has 1 amide bonds. The number of carboxylic acids is 1. The molecule has 2 N–H and O–H groups in total. The van der Waals surface area contributed by atoms with Crippen LogP contribution < -0.4 is 5.43 Å². The lowest BCUT2D eigenvalue weighted by Gasteiger charge is -2.07. The van der Waals surface area contributed by atoms with Crippen LogP contribution >= 0.6 is 0 Å². The second kappa shape index (κ2) is 14.0. The minimum Gasteiger partial charge on any atom is -0.481 e. The molecule has 0 bridgehead atoms. The third-order valence-corrected chi connectivity index (χ3v) is 4.26. The molecule has 1 aromatic rings. The second-order valence-corrected chi connectivity index (χ2v) is 6.58. The summed E-state index contributed by atoms with van der Waals surface area (Å²) in [6.07, 6.45) is 10.3. The Kier molecular flexibility index (Phi) is 11.8. The van der Waals surface area contributed by atoms with Crippen molar-refractivity contribution in [1.29, 1.82) is 0 Å². The summed E-state index contributed by atoms with van der Waals surface area (Å²) in [6.45, 7) is 2.21. The number of rotatable bonds is 14. The first-order valence-corrected chi connectivity index (χ1v) is 9.76. The van der Waals surface area contributed by atoms with E-state index in [-0.39, 0.29) is 18.7 Å². The average Bonchev–Trinajstić information content (AvgIpc) is 2.64. The first kappa shape index (κ1) is 21.9. The number of carboxylic acid groups (broad SMARTS) is 1. The molecule has 0 aliphatic rings. The fourth-order valence-electron chi connectivity index (χ4n) is 2.73. The summed E-state index contributed by atoms with van der Waals surface area (Å²) in [5, 5.41) is 13.0. The molecular formula is C21H32N2O3. The van der Waals surface area contributed by atoms with E-state index >= 15 is 0 Å². The van der Waals surface area contributed by atoms with Crippen molar-refractivity contribution in [2.24, 2.45) is 5.10 Å². The van der Waals surface area contributed by atoms with E-state index in [0.717, 1.165) is 18.4 Å². The maximum Gasteiger partial charge on any atom is 0.303 e. The van der Waals surface area contributed by atoms with Crippen LogP contribution in [0.5, 0.6) is 0 Å². The standard InChI is InChI=1S/C21H32N2O3/c1-2-3-4-5-6-7-8-12-15-20(24)23-22-19(16-17-21(25)26)18-13-10-9-11-14-18/h9-11,13-14H,2-8,12,15-17H2,1H3,(H,23,24)(H,25,26). The van der Waals surface area contributed by atoms with Crippen molar-refractivity contribution < 1.29 is 14.7 Å². The Morgan fingerprint density at radius 1 is 0.885 bits per heavy atom. The largest absolute Gasteiger partial charge is 0.481 e. The fraction of sp³-hybridized carbons (Fsp3) is 0.571. The molecule has 0 aliphatic heterocycles. The monoisotopic (exact) mass is 360 g/mol. The van der Waals surface area contributed by atoms with Crippen molar-refractivity contribution in [3.05, 3.63) is 35.9 Å². The van der Waals surface area contributed by atoms with Crippen LogP contribution in [0.2, 0.25) is 0 Å². The number of carbonyl (C=O) groups excluding carboxylic acids is 1. The first-order valence-electron chi connectivity index (χ1n) is 9.76. The molecule has 0 saturated carbocycles. The normalized spacial score (nSPS) is 11.3. The number of hydrazone groups is 1. The summed E-state index contributed by atoms with van der Waals surface area (Å²) in [7, 11) is 0. The molecule has 0 atom stereocenters. The number of aliphatic carboxylic acids is 1. The zero-order chi connectivity index (χ0) is 19.0. The molecule has 0 heterocycles. The van der Waals surface area contributed by atoms with Gasteiger partial charge in [-0.2, -0.15) is 5.10 Å². The predicted octanol–water partition coefficient (Wildman–Crippen LogP) is 4.90. The molecule has 26 heavy (non-hydrogen) atoms. The smallest absolute Gasteiger partial charge is 0.303 e. The third-order valence-electron chi connectivity index (χ3n) is 4.26. The lowest BCUT2D eigenvalue weighted by Crippen LogP contribution is -2.20. The maximum atomic E-state index is 12.0. The van der Waals surface area contributed by atoms with Crippen LogP contribution in [0, 0.1) is 0 Å². The number of hydrogen-bond acceptors (Lipinski definition) is 3. The van der Waals surface area contributed by atoms with Gasteiger partial charge in [-0.15, -0.1) is 0 Å². The van der Waals surface area contributed by atoms with Gasteiger partial charge in [-0.3, -0.25) is 9.59 Å². The van der Waals surface area contributed by atoms with Gasteiger partial charge >= 0.3 is 5.97 Å². The van der Waals surface area contributed by atoms with Crippen LogP contribution in [0.4, 0.5) is 0 Å².